The Labute approximate surface area is 151 Å². The number of rotatable bonds is 1. The molecule has 0 fully saturated rings. The summed E-state index contributed by atoms with van der Waals surface area (Å²) >= 11 is 0. The Morgan fingerprint density at radius 3 is 2.19 bits per heavy atom. The second kappa shape index (κ2) is 7.16. The highest BCUT2D eigenvalue weighted by molar-refractivity contribution is 5.79. The predicted octanol–water partition coefficient (Wildman–Crippen LogP) is 2.37. The fraction of sp³-hybridized carbons (Fsp3) is 0.111. The average molecular weight is 365 g/mol. The van der Waals surface area contributed by atoms with E-state index in [2.05, 4.69) is 19.9 Å². The Hall–Kier alpha value is -3.88. The van der Waals surface area contributed by atoms with Gasteiger partial charge in [0, 0.05) is 29.0 Å². The molecule has 0 aromatic carbocycles. The van der Waals surface area contributed by atoms with Crippen molar-refractivity contribution in [1.82, 2.24) is 19.9 Å². The van der Waals surface area contributed by atoms with Gasteiger partial charge in [0.25, 0.3) is 5.43 Å². The van der Waals surface area contributed by atoms with Crippen LogP contribution in [0.15, 0.2) is 52.6 Å². The Bertz CT molecular complexity index is 1280. The molecule has 0 bridgehead atoms. The van der Waals surface area contributed by atoms with Crippen LogP contribution >= 0.6 is 0 Å². The van der Waals surface area contributed by atoms with Crippen LogP contribution in [0.1, 0.15) is 11.4 Å². The van der Waals surface area contributed by atoms with Crippen LogP contribution in [0.3, 0.4) is 0 Å². The van der Waals surface area contributed by atoms with Crippen molar-refractivity contribution in [2.45, 2.75) is 13.8 Å². The van der Waals surface area contributed by atoms with E-state index in [-0.39, 0.29) is 10.8 Å². The second-order valence-corrected chi connectivity index (χ2v) is 5.84. The zero-order chi connectivity index (χ0) is 19.6. The van der Waals surface area contributed by atoms with E-state index in [1.807, 2.05) is 6.92 Å². The maximum atomic E-state index is 11.6. The molecule has 0 aliphatic heterocycles. The van der Waals surface area contributed by atoms with Gasteiger partial charge in [-0.3, -0.25) is 29.7 Å². The van der Waals surface area contributed by atoms with E-state index < -0.39 is 16.0 Å². The zero-order valence-electron chi connectivity index (χ0n) is 14.5. The molecule has 0 radical (unpaired) electrons. The van der Waals surface area contributed by atoms with Crippen molar-refractivity contribution in [3.8, 4) is 0 Å². The van der Waals surface area contributed by atoms with E-state index in [0.29, 0.717) is 16.6 Å². The molecule has 0 amide bonds. The van der Waals surface area contributed by atoms with Crippen LogP contribution in [0.2, 0.25) is 0 Å². The topological polar surface area (TPSA) is 135 Å². The van der Waals surface area contributed by atoms with Gasteiger partial charge in [-0.05, 0) is 26.0 Å². The Morgan fingerprint density at radius 1 is 0.963 bits per heavy atom. The Balaban J connectivity index is 0.000000159. The summed E-state index contributed by atoms with van der Waals surface area (Å²) in [7, 11) is 0. The van der Waals surface area contributed by atoms with Crippen LogP contribution in [0.25, 0.3) is 21.8 Å². The lowest BCUT2D eigenvalue weighted by molar-refractivity contribution is -0.386. The molecule has 9 heteroatoms. The first-order chi connectivity index (χ1) is 12.9. The third-order valence-electron chi connectivity index (χ3n) is 3.86. The summed E-state index contributed by atoms with van der Waals surface area (Å²) in [4.78, 5) is 46.4. The van der Waals surface area contributed by atoms with Crippen molar-refractivity contribution in [2.75, 3.05) is 0 Å². The molecule has 27 heavy (non-hydrogen) atoms. The number of hydrogen-bond donors (Lipinski definition) is 2. The number of H-pyrrole nitrogens is 2. The first kappa shape index (κ1) is 17.9. The summed E-state index contributed by atoms with van der Waals surface area (Å²) in [6.07, 6.45) is 5.87. The highest BCUT2D eigenvalue weighted by Crippen LogP contribution is 2.11. The molecule has 4 heterocycles. The van der Waals surface area contributed by atoms with Gasteiger partial charge in [0.2, 0.25) is 0 Å². The fourth-order valence-electron chi connectivity index (χ4n) is 2.52. The number of aromatic amines is 2. The lowest BCUT2D eigenvalue weighted by atomic mass is 10.2. The molecule has 136 valence electrons. The van der Waals surface area contributed by atoms with Gasteiger partial charge in [-0.2, -0.15) is 0 Å². The number of aromatic nitrogens is 4. The maximum absolute atomic E-state index is 11.6. The van der Waals surface area contributed by atoms with Crippen LogP contribution in [-0.2, 0) is 0 Å². The quantitative estimate of drug-likeness (QED) is 0.393. The van der Waals surface area contributed by atoms with Crippen molar-refractivity contribution in [3.05, 3.63) is 84.9 Å². The number of hydrogen-bond acceptors (Lipinski definition) is 6. The van der Waals surface area contributed by atoms with E-state index in [4.69, 9.17) is 0 Å². The summed E-state index contributed by atoms with van der Waals surface area (Å²) in [5.74, 6) is 0. The third-order valence-corrected chi connectivity index (χ3v) is 3.86. The molecular formula is C18H15N5O4. The van der Waals surface area contributed by atoms with Gasteiger partial charge >= 0.3 is 5.69 Å². The second-order valence-electron chi connectivity index (χ2n) is 5.84. The summed E-state index contributed by atoms with van der Waals surface area (Å²) < 4.78 is 0. The molecule has 2 N–H and O–H groups in total. The lowest BCUT2D eigenvalue weighted by Gasteiger charge is -1.98. The number of pyridine rings is 4. The van der Waals surface area contributed by atoms with Crippen LogP contribution in [0, 0.1) is 24.0 Å². The van der Waals surface area contributed by atoms with Crippen LogP contribution < -0.4 is 10.9 Å². The van der Waals surface area contributed by atoms with Gasteiger partial charge in [-0.1, -0.05) is 0 Å². The lowest BCUT2D eigenvalue weighted by Crippen LogP contribution is -2.09. The first-order valence-electron chi connectivity index (χ1n) is 7.93. The highest BCUT2D eigenvalue weighted by Gasteiger charge is 2.14. The number of fused-ring (bicyclic) bond motifs is 2. The van der Waals surface area contributed by atoms with Crippen molar-refractivity contribution in [3.63, 3.8) is 0 Å². The molecule has 9 nitrogen and oxygen atoms in total. The zero-order valence-corrected chi connectivity index (χ0v) is 14.5. The van der Waals surface area contributed by atoms with E-state index in [1.54, 1.807) is 25.4 Å². The van der Waals surface area contributed by atoms with Crippen LogP contribution in [-0.4, -0.2) is 24.9 Å². The van der Waals surface area contributed by atoms with Gasteiger partial charge in [-0.25, -0.2) is 0 Å². The molecule has 4 rings (SSSR count). The predicted molar refractivity (Wildman–Crippen MR) is 101 cm³/mol. The average Bonchev–Trinajstić information content (AvgIpc) is 2.63. The van der Waals surface area contributed by atoms with Crippen molar-refractivity contribution in [1.29, 1.82) is 0 Å². The summed E-state index contributed by atoms with van der Waals surface area (Å²) in [6.45, 7) is 3.59. The first-order valence-corrected chi connectivity index (χ1v) is 7.93. The van der Waals surface area contributed by atoms with E-state index in [0.717, 1.165) is 17.4 Å². The standard InChI is InChI=1S/C9H7N3O3.C9H8N2O/c1-5-2-6-7(3-10-5)11-4-8(9(6)13)12(14)15;1-6-4-7-8(5-11-6)10-3-2-9(7)12/h2-4H,1H3,(H,11,13);2-5H,1H3,(H,10,12). The molecule has 0 spiro atoms. The number of nitro groups is 1. The summed E-state index contributed by atoms with van der Waals surface area (Å²) in [5.41, 5.74) is 1.79. The molecule has 0 aliphatic carbocycles. The highest BCUT2D eigenvalue weighted by atomic mass is 16.6. The van der Waals surface area contributed by atoms with Gasteiger partial charge in [-0.15, -0.1) is 0 Å². The minimum atomic E-state index is -0.700. The third kappa shape index (κ3) is 3.71. The largest absolute Gasteiger partial charge is 0.360 e. The van der Waals surface area contributed by atoms with Crippen LogP contribution in [0.4, 0.5) is 5.69 Å². The van der Waals surface area contributed by atoms with Crippen molar-refractivity contribution in [2.24, 2.45) is 0 Å². The van der Waals surface area contributed by atoms with Crippen molar-refractivity contribution < 1.29 is 4.92 Å². The maximum Gasteiger partial charge on any atom is 0.332 e. The molecule has 4 aromatic heterocycles. The van der Waals surface area contributed by atoms with Gasteiger partial charge < -0.3 is 9.97 Å². The monoisotopic (exact) mass is 365 g/mol. The molecule has 0 aliphatic rings. The van der Waals surface area contributed by atoms with Gasteiger partial charge in [0.1, 0.15) is 0 Å². The van der Waals surface area contributed by atoms with E-state index in [1.165, 1.54) is 18.3 Å². The smallest absolute Gasteiger partial charge is 0.332 e. The fourth-order valence-corrected chi connectivity index (χ4v) is 2.52. The SMILES string of the molecule is Cc1cc2c(=O)c([N+](=O)[O-])c[nH]c2cn1.Cc1cc2c(=O)cc[nH]c2cn1. The minimum Gasteiger partial charge on any atom is -0.360 e. The molecule has 0 saturated heterocycles. The summed E-state index contributed by atoms with van der Waals surface area (Å²) in [6, 6.07) is 4.83. The number of aryl methyl sites for hydroxylation is 2. The molecule has 4 aromatic rings. The van der Waals surface area contributed by atoms with Crippen LogP contribution in [0.5, 0.6) is 0 Å². The Morgan fingerprint density at radius 2 is 1.56 bits per heavy atom. The normalized spacial score (nSPS) is 10.4. The Kier molecular flexibility index (Phi) is 4.75. The minimum absolute atomic E-state index is 0.0363. The summed E-state index contributed by atoms with van der Waals surface area (Å²) in [5, 5.41) is 11.5. The molecule has 0 atom stereocenters. The number of nitrogens with one attached hydrogen (secondary N) is 2. The number of nitrogens with zero attached hydrogens (tertiary/aromatic N) is 3. The van der Waals surface area contributed by atoms with Crippen molar-refractivity contribution >= 4 is 27.5 Å². The van der Waals surface area contributed by atoms with E-state index >= 15 is 0 Å². The molecular weight excluding hydrogens is 350 g/mol. The van der Waals surface area contributed by atoms with Gasteiger partial charge in [0.05, 0.1) is 39.9 Å². The van der Waals surface area contributed by atoms with Gasteiger partial charge in [0.15, 0.2) is 5.43 Å². The molecule has 0 unspecified atom stereocenters. The molecule has 0 saturated carbocycles. The van der Waals surface area contributed by atoms with E-state index in [9.17, 15) is 19.7 Å².